The van der Waals surface area contributed by atoms with Crippen molar-refractivity contribution in [1.29, 1.82) is 0 Å². The van der Waals surface area contributed by atoms with E-state index in [9.17, 15) is 4.79 Å². The van der Waals surface area contributed by atoms with Gasteiger partial charge in [0.1, 0.15) is 0 Å². The summed E-state index contributed by atoms with van der Waals surface area (Å²) < 4.78 is 0. The number of nitrogens with one attached hydrogen (secondary N) is 1. The first-order chi connectivity index (χ1) is 10.2. The SMILES string of the molecule is O=C(CCc1ccccc1Cl)NCc1cccc(CO)c1. The molecule has 0 spiro atoms. The average molecular weight is 304 g/mol. The number of aliphatic hydroxyl groups excluding tert-OH is 1. The van der Waals surface area contributed by atoms with Gasteiger partial charge >= 0.3 is 0 Å². The third-order valence-electron chi connectivity index (χ3n) is 3.24. The number of benzene rings is 2. The fourth-order valence-corrected chi connectivity index (χ4v) is 2.31. The molecule has 110 valence electrons. The van der Waals surface area contributed by atoms with Crippen LogP contribution in [0.5, 0.6) is 0 Å². The van der Waals surface area contributed by atoms with E-state index in [1.165, 1.54) is 0 Å². The lowest BCUT2D eigenvalue weighted by atomic mass is 10.1. The Morgan fingerprint density at radius 1 is 1.10 bits per heavy atom. The highest BCUT2D eigenvalue weighted by molar-refractivity contribution is 6.31. The average Bonchev–Trinajstić information content (AvgIpc) is 2.52. The van der Waals surface area contributed by atoms with Gasteiger partial charge in [0.15, 0.2) is 0 Å². The molecule has 0 unspecified atom stereocenters. The molecule has 0 heterocycles. The van der Waals surface area contributed by atoms with Crippen LogP contribution in [0.25, 0.3) is 0 Å². The zero-order chi connectivity index (χ0) is 15.1. The Morgan fingerprint density at radius 3 is 2.62 bits per heavy atom. The summed E-state index contributed by atoms with van der Waals surface area (Å²) in [5, 5.41) is 12.6. The molecule has 2 aromatic rings. The lowest BCUT2D eigenvalue weighted by molar-refractivity contribution is -0.121. The van der Waals surface area contributed by atoms with Crippen molar-refractivity contribution < 1.29 is 9.90 Å². The van der Waals surface area contributed by atoms with E-state index in [1.54, 1.807) is 0 Å². The number of carbonyl (C=O) groups excluding carboxylic acids is 1. The number of amides is 1. The van der Waals surface area contributed by atoms with E-state index in [4.69, 9.17) is 16.7 Å². The number of hydrogen-bond donors (Lipinski definition) is 2. The summed E-state index contributed by atoms with van der Waals surface area (Å²) >= 11 is 6.06. The normalized spacial score (nSPS) is 10.4. The van der Waals surface area contributed by atoms with Crippen LogP contribution in [0.3, 0.4) is 0 Å². The number of halogens is 1. The molecular formula is C17H18ClNO2. The van der Waals surface area contributed by atoms with E-state index in [0.717, 1.165) is 16.7 Å². The quantitative estimate of drug-likeness (QED) is 0.861. The fourth-order valence-electron chi connectivity index (χ4n) is 2.08. The highest BCUT2D eigenvalue weighted by Crippen LogP contribution is 2.16. The highest BCUT2D eigenvalue weighted by atomic mass is 35.5. The van der Waals surface area contributed by atoms with Crippen LogP contribution in [0.15, 0.2) is 48.5 Å². The summed E-state index contributed by atoms with van der Waals surface area (Å²) in [6, 6.07) is 15.1. The van der Waals surface area contributed by atoms with Gasteiger partial charge in [-0.15, -0.1) is 0 Å². The van der Waals surface area contributed by atoms with Gasteiger partial charge in [-0.2, -0.15) is 0 Å². The Labute approximate surface area is 129 Å². The number of hydrogen-bond acceptors (Lipinski definition) is 2. The van der Waals surface area contributed by atoms with Gasteiger partial charge in [-0.25, -0.2) is 0 Å². The van der Waals surface area contributed by atoms with Crippen LogP contribution in [0.2, 0.25) is 5.02 Å². The zero-order valence-electron chi connectivity index (χ0n) is 11.7. The molecule has 0 radical (unpaired) electrons. The Kier molecular flexibility index (Phi) is 5.78. The van der Waals surface area contributed by atoms with Crippen LogP contribution >= 0.6 is 11.6 Å². The van der Waals surface area contributed by atoms with Crippen molar-refractivity contribution >= 4 is 17.5 Å². The molecule has 2 N–H and O–H groups in total. The van der Waals surface area contributed by atoms with E-state index >= 15 is 0 Å². The van der Waals surface area contributed by atoms with Gasteiger partial charge in [0, 0.05) is 18.0 Å². The summed E-state index contributed by atoms with van der Waals surface area (Å²) in [6.07, 6.45) is 1.03. The largest absolute Gasteiger partial charge is 0.392 e. The van der Waals surface area contributed by atoms with Crippen molar-refractivity contribution in [1.82, 2.24) is 5.32 Å². The van der Waals surface area contributed by atoms with E-state index in [1.807, 2.05) is 48.5 Å². The van der Waals surface area contributed by atoms with Gasteiger partial charge in [0.25, 0.3) is 0 Å². The minimum atomic E-state index is -0.00989. The van der Waals surface area contributed by atoms with Crippen molar-refractivity contribution in [3.8, 4) is 0 Å². The third-order valence-corrected chi connectivity index (χ3v) is 3.61. The van der Waals surface area contributed by atoms with Crippen molar-refractivity contribution in [3.05, 3.63) is 70.2 Å². The van der Waals surface area contributed by atoms with Gasteiger partial charge in [-0.1, -0.05) is 54.1 Å². The van der Waals surface area contributed by atoms with Gasteiger partial charge in [-0.3, -0.25) is 4.79 Å². The van der Waals surface area contributed by atoms with Crippen LogP contribution in [-0.4, -0.2) is 11.0 Å². The number of aryl methyl sites for hydroxylation is 1. The maximum atomic E-state index is 11.9. The number of aliphatic hydroxyl groups is 1. The molecule has 0 aliphatic carbocycles. The molecule has 0 aliphatic rings. The monoisotopic (exact) mass is 303 g/mol. The topological polar surface area (TPSA) is 49.3 Å². The molecular weight excluding hydrogens is 286 g/mol. The van der Waals surface area contributed by atoms with Crippen LogP contribution < -0.4 is 5.32 Å². The first kappa shape index (κ1) is 15.5. The van der Waals surface area contributed by atoms with E-state index in [2.05, 4.69) is 5.32 Å². The minimum absolute atomic E-state index is 0.00823. The second kappa shape index (κ2) is 7.81. The third kappa shape index (κ3) is 4.88. The van der Waals surface area contributed by atoms with Crippen LogP contribution in [0, 0.1) is 0 Å². The highest BCUT2D eigenvalue weighted by Gasteiger charge is 2.05. The maximum absolute atomic E-state index is 11.9. The molecule has 2 aromatic carbocycles. The second-order valence-corrected chi connectivity index (χ2v) is 5.25. The summed E-state index contributed by atoms with van der Waals surface area (Å²) in [5.41, 5.74) is 2.81. The number of rotatable bonds is 6. The van der Waals surface area contributed by atoms with Crippen LogP contribution in [0.4, 0.5) is 0 Å². The van der Waals surface area contributed by atoms with Crippen molar-refractivity contribution in [3.63, 3.8) is 0 Å². The van der Waals surface area contributed by atoms with Gasteiger partial charge in [-0.05, 0) is 29.2 Å². The molecule has 21 heavy (non-hydrogen) atoms. The predicted molar refractivity (Wildman–Crippen MR) is 84.0 cm³/mol. The van der Waals surface area contributed by atoms with Gasteiger partial charge in [0.2, 0.25) is 5.91 Å². The molecule has 0 fully saturated rings. The molecule has 0 bridgehead atoms. The molecule has 2 rings (SSSR count). The molecule has 0 aromatic heterocycles. The molecule has 3 nitrogen and oxygen atoms in total. The smallest absolute Gasteiger partial charge is 0.220 e. The Bertz CT molecular complexity index is 613. The van der Waals surface area contributed by atoms with Crippen molar-refractivity contribution in [2.45, 2.75) is 26.0 Å². The minimum Gasteiger partial charge on any atom is -0.392 e. The fraction of sp³-hybridized carbons (Fsp3) is 0.235. The maximum Gasteiger partial charge on any atom is 0.220 e. The number of carbonyl (C=O) groups is 1. The summed E-state index contributed by atoms with van der Waals surface area (Å²) in [4.78, 5) is 11.9. The molecule has 0 saturated heterocycles. The lowest BCUT2D eigenvalue weighted by Gasteiger charge is -2.07. The van der Waals surface area contributed by atoms with E-state index < -0.39 is 0 Å². The van der Waals surface area contributed by atoms with E-state index in [-0.39, 0.29) is 12.5 Å². The summed E-state index contributed by atoms with van der Waals surface area (Å²) in [7, 11) is 0. The first-order valence-corrected chi connectivity index (χ1v) is 7.25. The van der Waals surface area contributed by atoms with E-state index in [0.29, 0.717) is 24.4 Å². The molecule has 0 saturated carbocycles. The Morgan fingerprint density at radius 2 is 1.86 bits per heavy atom. The molecule has 0 atom stereocenters. The van der Waals surface area contributed by atoms with Crippen molar-refractivity contribution in [2.75, 3.05) is 0 Å². The van der Waals surface area contributed by atoms with Crippen LogP contribution in [0.1, 0.15) is 23.1 Å². The zero-order valence-corrected chi connectivity index (χ0v) is 12.4. The predicted octanol–water partition coefficient (Wildman–Crippen LogP) is 3.08. The molecule has 4 heteroatoms. The van der Waals surface area contributed by atoms with Gasteiger partial charge < -0.3 is 10.4 Å². The summed E-state index contributed by atoms with van der Waals surface area (Å²) in [5.74, 6) is -0.00989. The molecule has 1 amide bonds. The lowest BCUT2D eigenvalue weighted by Crippen LogP contribution is -2.23. The summed E-state index contributed by atoms with van der Waals surface area (Å²) in [6.45, 7) is 0.476. The second-order valence-electron chi connectivity index (χ2n) is 4.85. The molecule has 0 aliphatic heterocycles. The Hall–Kier alpha value is -1.84. The Balaban J connectivity index is 1.81. The van der Waals surface area contributed by atoms with Gasteiger partial charge in [0.05, 0.1) is 6.61 Å². The van der Waals surface area contributed by atoms with Crippen LogP contribution in [-0.2, 0) is 24.4 Å². The standard InChI is InChI=1S/C17H18ClNO2/c18-16-7-2-1-6-15(16)8-9-17(21)19-11-13-4-3-5-14(10-13)12-20/h1-7,10,20H,8-9,11-12H2,(H,19,21). The van der Waals surface area contributed by atoms with Crippen molar-refractivity contribution in [2.24, 2.45) is 0 Å². The first-order valence-electron chi connectivity index (χ1n) is 6.88.